The van der Waals surface area contributed by atoms with E-state index in [0.717, 1.165) is 22.2 Å². The van der Waals surface area contributed by atoms with Crippen molar-refractivity contribution in [1.29, 1.82) is 0 Å². The van der Waals surface area contributed by atoms with Gasteiger partial charge in [-0.25, -0.2) is 4.98 Å². The first-order valence-corrected chi connectivity index (χ1v) is 6.85. The summed E-state index contributed by atoms with van der Waals surface area (Å²) in [5.41, 5.74) is 2.62. The highest BCUT2D eigenvalue weighted by Gasteiger charge is 2.06. The van der Waals surface area contributed by atoms with E-state index in [4.69, 9.17) is 4.74 Å². The summed E-state index contributed by atoms with van der Waals surface area (Å²) in [7, 11) is 0. The van der Waals surface area contributed by atoms with Crippen LogP contribution in [0.3, 0.4) is 0 Å². The number of ether oxygens (including phenoxy) is 1. The van der Waals surface area contributed by atoms with Gasteiger partial charge in [-0.3, -0.25) is 4.79 Å². The maximum Gasteiger partial charge on any atom is 0.310 e. The van der Waals surface area contributed by atoms with Crippen molar-refractivity contribution in [3.8, 4) is 0 Å². The number of carbonyl (C=O) groups excluding carboxylic acids is 1. The quantitative estimate of drug-likeness (QED) is 0.685. The fourth-order valence-corrected chi connectivity index (χ4v) is 2.16. The van der Waals surface area contributed by atoms with Crippen LogP contribution in [0.5, 0.6) is 0 Å². The predicted molar refractivity (Wildman–Crippen MR) is 81.7 cm³/mol. The maximum atomic E-state index is 11.8. The highest BCUT2D eigenvalue weighted by atomic mass is 16.5. The Morgan fingerprint density at radius 2 is 1.67 bits per heavy atom. The molecule has 3 rings (SSSR count). The Hall–Kier alpha value is -2.68. The van der Waals surface area contributed by atoms with Gasteiger partial charge in [-0.2, -0.15) is 0 Å². The monoisotopic (exact) mass is 277 g/mol. The van der Waals surface area contributed by atoms with Crippen LogP contribution in [0.4, 0.5) is 0 Å². The highest BCUT2D eigenvalue weighted by Crippen LogP contribution is 2.12. The van der Waals surface area contributed by atoms with Gasteiger partial charge >= 0.3 is 5.97 Å². The normalized spacial score (nSPS) is 10.5. The van der Waals surface area contributed by atoms with Crippen molar-refractivity contribution >= 4 is 16.9 Å². The standard InChI is InChI=1S/C18H15NO2/c20-18(12-14-6-2-1-3-7-14)21-13-16-11-10-15-8-4-5-9-17(15)19-16/h1-11H,12-13H2. The number of rotatable bonds is 4. The van der Waals surface area contributed by atoms with Crippen molar-refractivity contribution in [2.24, 2.45) is 0 Å². The number of benzene rings is 2. The summed E-state index contributed by atoms with van der Waals surface area (Å²) in [6.45, 7) is 0.205. The van der Waals surface area contributed by atoms with Crippen LogP contribution in [-0.4, -0.2) is 11.0 Å². The number of hydrogen-bond donors (Lipinski definition) is 0. The second-order valence-electron chi connectivity index (χ2n) is 4.82. The van der Waals surface area contributed by atoms with E-state index in [1.807, 2.05) is 66.7 Å². The third-order valence-corrected chi connectivity index (χ3v) is 3.23. The molecule has 21 heavy (non-hydrogen) atoms. The molecule has 3 nitrogen and oxygen atoms in total. The van der Waals surface area contributed by atoms with Gasteiger partial charge in [-0.1, -0.05) is 54.6 Å². The number of hydrogen-bond acceptors (Lipinski definition) is 3. The first-order valence-electron chi connectivity index (χ1n) is 6.85. The van der Waals surface area contributed by atoms with Crippen LogP contribution in [0.1, 0.15) is 11.3 Å². The Morgan fingerprint density at radius 1 is 0.905 bits per heavy atom. The minimum absolute atomic E-state index is 0.205. The van der Waals surface area contributed by atoms with E-state index in [9.17, 15) is 4.79 Å². The Bertz CT molecular complexity index is 753. The lowest BCUT2D eigenvalue weighted by Crippen LogP contribution is -2.08. The first-order chi connectivity index (χ1) is 10.3. The van der Waals surface area contributed by atoms with Crippen LogP contribution in [0, 0.1) is 0 Å². The largest absolute Gasteiger partial charge is 0.459 e. The predicted octanol–water partition coefficient (Wildman–Crippen LogP) is 3.52. The molecule has 0 bridgehead atoms. The molecule has 2 aromatic carbocycles. The molecular weight excluding hydrogens is 262 g/mol. The van der Waals surface area contributed by atoms with Crippen molar-refractivity contribution in [2.75, 3.05) is 0 Å². The van der Waals surface area contributed by atoms with Gasteiger partial charge in [-0.15, -0.1) is 0 Å². The number of aromatic nitrogens is 1. The number of pyridine rings is 1. The van der Waals surface area contributed by atoms with Gasteiger partial charge in [-0.05, 0) is 17.7 Å². The molecule has 104 valence electrons. The lowest BCUT2D eigenvalue weighted by Gasteiger charge is -2.05. The molecule has 1 aromatic heterocycles. The van der Waals surface area contributed by atoms with Crippen molar-refractivity contribution in [2.45, 2.75) is 13.0 Å². The number of nitrogens with zero attached hydrogens (tertiary/aromatic N) is 1. The lowest BCUT2D eigenvalue weighted by molar-refractivity contribution is -0.144. The van der Waals surface area contributed by atoms with Crippen LogP contribution >= 0.6 is 0 Å². The lowest BCUT2D eigenvalue weighted by atomic mass is 10.1. The Balaban J connectivity index is 1.62. The van der Waals surface area contributed by atoms with E-state index in [-0.39, 0.29) is 19.0 Å². The van der Waals surface area contributed by atoms with E-state index in [1.54, 1.807) is 0 Å². The molecule has 0 fully saturated rings. The minimum atomic E-state index is -0.240. The van der Waals surface area contributed by atoms with Crippen molar-refractivity contribution in [1.82, 2.24) is 4.98 Å². The molecule has 3 heteroatoms. The van der Waals surface area contributed by atoms with E-state index in [0.29, 0.717) is 0 Å². The molecule has 0 amide bonds. The van der Waals surface area contributed by atoms with Gasteiger partial charge in [0.25, 0.3) is 0 Å². The van der Waals surface area contributed by atoms with Crippen molar-refractivity contribution in [3.05, 3.63) is 78.0 Å². The van der Waals surface area contributed by atoms with Crippen molar-refractivity contribution < 1.29 is 9.53 Å². The zero-order valence-electron chi connectivity index (χ0n) is 11.5. The average molecular weight is 277 g/mol. The molecule has 0 spiro atoms. The highest BCUT2D eigenvalue weighted by molar-refractivity contribution is 5.78. The molecule has 0 atom stereocenters. The van der Waals surface area contributed by atoms with Crippen LogP contribution in [-0.2, 0) is 22.6 Å². The zero-order chi connectivity index (χ0) is 14.5. The molecule has 3 aromatic rings. The van der Waals surface area contributed by atoms with E-state index >= 15 is 0 Å². The molecule has 0 saturated carbocycles. The SMILES string of the molecule is O=C(Cc1ccccc1)OCc1ccc2ccccc2n1. The van der Waals surface area contributed by atoms with E-state index in [2.05, 4.69) is 4.98 Å². The van der Waals surface area contributed by atoms with Crippen LogP contribution in [0.2, 0.25) is 0 Å². The third-order valence-electron chi connectivity index (χ3n) is 3.23. The summed E-state index contributed by atoms with van der Waals surface area (Å²) < 4.78 is 5.28. The van der Waals surface area contributed by atoms with Gasteiger partial charge in [0, 0.05) is 5.39 Å². The Morgan fingerprint density at radius 3 is 2.52 bits per heavy atom. The van der Waals surface area contributed by atoms with Gasteiger partial charge in [0.05, 0.1) is 17.6 Å². The minimum Gasteiger partial charge on any atom is -0.459 e. The topological polar surface area (TPSA) is 39.2 Å². The summed E-state index contributed by atoms with van der Waals surface area (Å²) in [6, 6.07) is 21.3. The van der Waals surface area contributed by atoms with Gasteiger partial charge in [0.1, 0.15) is 6.61 Å². The summed E-state index contributed by atoms with van der Waals surface area (Å²) in [5, 5.41) is 1.08. The van der Waals surface area contributed by atoms with E-state index < -0.39 is 0 Å². The molecule has 0 aliphatic heterocycles. The fraction of sp³-hybridized carbons (Fsp3) is 0.111. The first kappa shape index (κ1) is 13.3. The average Bonchev–Trinajstić information content (AvgIpc) is 2.54. The number of fused-ring (bicyclic) bond motifs is 1. The molecule has 0 radical (unpaired) electrons. The smallest absolute Gasteiger partial charge is 0.310 e. The molecule has 1 heterocycles. The molecule has 0 saturated heterocycles. The molecule has 0 aliphatic rings. The summed E-state index contributed by atoms with van der Waals surface area (Å²) in [5.74, 6) is -0.240. The van der Waals surface area contributed by atoms with Gasteiger partial charge in [0.2, 0.25) is 0 Å². The van der Waals surface area contributed by atoms with Crippen LogP contribution < -0.4 is 0 Å². The number of para-hydroxylation sites is 1. The second-order valence-corrected chi connectivity index (χ2v) is 4.82. The van der Waals surface area contributed by atoms with Crippen molar-refractivity contribution in [3.63, 3.8) is 0 Å². The Kier molecular flexibility index (Phi) is 3.92. The molecule has 0 aliphatic carbocycles. The summed E-state index contributed by atoms with van der Waals surface area (Å²) >= 11 is 0. The second kappa shape index (κ2) is 6.18. The fourth-order valence-electron chi connectivity index (χ4n) is 2.16. The Labute approximate surface area is 123 Å². The molecule has 0 unspecified atom stereocenters. The maximum absolute atomic E-state index is 11.8. The number of esters is 1. The number of carbonyl (C=O) groups is 1. The van der Waals surface area contributed by atoms with E-state index in [1.165, 1.54) is 0 Å². The van der Waals surface area contributed by atoms with Gasteiger partial charge in [0.15, 0.2) is 0 Å². The van der Waals surface area contributed by atoms with Crippen LogP contribution in [0.25, 0.3) is 10.9 Å². The summed E-state index contributed by atoms with van der Waals surface area (Å²) in [4.78, 5) is 16.3. The summed E-state index contributed by atoms with van der Waals surface area (Å²) in [6.07, 6.45) is 0.286. The van der Waals surface area contributed by atoms with Gasteiger partial charge < -0.3 is 4.74 Å². The third kappa shape index (κ3) is 3.45. The molecular formula is C18H15NO2. The zero-order valence-corrected chi connectivity index (χ0v) is 11.5. The molecule has 0 N–H and O–H groups in total. The van der Waals surface area contributed by atoms with Crippen LogP contribution in [0.15, 0.2) is 66.7 Å².